The van der Waals surface area contributed by atoms with E-state index in [1.165, 1.54) is 0 Å². The van der Waals surface area contributed by atoms with Crippen molar-refractivity contribution < 1.29 is 0 Å². The van der Waals surface area contributed by atoms with E-state index in [4.69, 9.17) is 0 Å². The third-order valence-electron chi connectivity index (χ3n) is 2.69. The molecule has 0 bridgehead atoms. The maximum absolute atomic E-state index is 11.8. The number of rotatable bonds is 1. The molecule has 0 spiro atoms. The highest BCUT2D eigenvalue weighted by Gasteiger charge is 2.18. The van der Waals surface area contributed by atoms with Crippen LogP contribution in [0.2, 0.25) is 0 Å². The minimum absolute atomic E-state index is 0.0470. The fraction of sp³-hybridized carbons (Fsp3) is 0.667. The van der Waals surface area contributed by atoms with Crippen LogP contribution in [0.25, 0.3) is 0 Å². The standard InChI is InChI=1S/C12H19N3O/c1-12(2,3)6-10-14-9-7-13-5-4-8(9)11(16)15-10/h13H,4-7H2,1-3H3,(H,14,15,16). The van der Waals surface area contributed by atoms with Gasteiger partial charge in [0.15, 0.2) is 0 Å². The van der Waals surface area contributed by atoms with E-state index in [0.29, 0.717) is 0 Å². The largest absolute Gasteiger partial charge is 0.311 e. The molecule has 2 rings (SSSR count). The van der Waals surface area contributed by atoms with E-state index in [0.717, 1.165) is 43.0 Å². The molecule has 0 amide bonds. The molecule has 0 saturated heterocycles. The topological polar surface area (TPSA) is 57.8 Å². The third kappa shape index (κ3) is 2.50. The number of nitrogens with zero attached hydrogens (tertiary/aromatic N) is 1. The van der Waals surface area contributed by atoms with Crippen molar-refractivity contribution in [2.45, 2.75) is 40.2 Å². The molecule has 88 valence electrons. The van der Waals surface area contributed by atoms with E-state index in [9.17, 15) is 4.79 Å². The van der Waals surface area contributed by atoms with E-state index in [1.54, 1.807) is 0 Å². The van der Waals surface area contributed by atoms with Gasteiger partial charge in [-0.1, -0.05) is 20.8 Å². The highest BCUT2D eigenvalue weighted by atomic mass is 16.1. The maximum atomic E-state index is 11.8. The lowest BCUT2D eigenvalue weighted by Gasteiger charge is -2.20. The van der Waals surface area contributed by atoms with Crippen molar-refractivity contribution >= 4 is 0 Å². The Morgan fingerprint density at radius 3 is 2.81 bits per heavy atom. The van der Waals surface area contributed by atoms with Crippen molar-refractivity contribution in [2.24, 2.45) is 5.41 Å². The van der Waals surface area contributed by atoms with E-state index >= 15 is 0 Å². The Kier molecular flexibility index (Phi) is 2.84. The summed E-state index contributed by atoms with van der Waals surface area (Å²) in [5.74, 6) is 0.806. The van der Waals surface area contributed by atoms with Crippen LogP contribution >= 0.6 is 0 Å². The van der Waals surface area contributed by atoms with Gasteiger partial charge in [0.2, 0.25) is 0 Å². The molecule has 0 aromatic carbocycles. The second-order valence-corrected chi connectivity index (χ2v) is 5.60. The zero-order chi connectivity index (χ0) is 11.8. The first-order valence-electron chi connectivity index (χ1n) is 5.77. The smallest absolute Gasteiger partial charge is 0.254 e. The van der Waals surface area contributed by atoms with Crippen molar-refractivity contribution in [3.63, 3.8) is 0 Å². The SMILES string of the molecule is CC(C)(C)Cc1nc2c(c(=O)[nH]1)CCNC2. The van der Waals surface area contributed by atoms with Crippen molar-refractivity contribution in [3.05, 3.63) is 27.4 Å². The van der Waals surface area contributed by atoms with Crippen LogP contribution in [0, 0.1) is 5.41 Å². The minimum atomic E-state index is 0.0470. The lowest BCUT2D eigenvalue weighted by molar-refractivity contribution is 0.398. The molecule has 1 aliphatic rings. The van der Waals surface area contributed by atoms with E-state index in [1.807, 2.05) is 0 Å². The van der Waals surface area contributed by atoms with Crippen LogP contribution in [0.15, 0.2) is 4.79 Å². The van der Waals surface area contributed by atoms with Gasteiger partial charge in [0.1, 0.15) is 5.82 Å². The van der Waals surface area contributed by atoms with Crippen molar-refractivity contribution in [1.82, 2.24) is 15.3 Å². The molecule has 2 N–H and O–H groups in total. The van der Waals surface area contributed by atoms with Gasteiger partial charge >= 0.3 is 0 Å². The van der Waals surface area contributed by atoms with Gasteiger partial charge in [-0.25, -0.2) is 4.98 Å². The molecule has 16 heavy (non-hydrogen) atoms. The van der Waals surface area contributed by atoms with Gasteiger partial charge < -0.3 is 10.3 Å². The van der Waals surface area contributed by atoms with Gasteiger partial charge in [-0.3, -0.25) is 4.79 Å². The molecular formula is C12H19N3O. The zero-order valence-corrected chi connectivity index (χ0v) is 10.2. The first kappa shape index (κ1) is 11.3. The summed E-state index contributed by atoms with van der Waals surface area (Å²) in [7, 11) is 0. The summed E-state index contributed by atoms with van der Waals surface area (Å²) < 4.78 is 0. The molecule has 2 heterocycles. The average molecular weight is 221 g/mol. The predicted molar refractivity (Wildman–Crippen MR) is 63.4 cm³/mol. The van der Waals surface area contributed by atoms with Crippen LogP contribution in [-0.2, 0) is 19.4 Å². The Balaban J connectivity index is 2.36. The fourth-order valence-electron chi connectivity index (χ4n) is 2.01. The number of nitrogens with one attached hydrogen (secondary N) is 2. The highest BCUT2D eigenvalue weighted by Crippen LogP contribution is 2.18. The van der Waals surface area contributed by atoms with Crippen molar-refractivity contribution in [1.29, 1.82) is 0 Å². The highest BCUT2D eigenvalue weighted by molar-refractivity contribution is 5.20. The van der Waals surface area contributed by atoms with E-state index in [-0.39, 0.29) is 11.0 Å². The number of H-pyrrole nitrogens is 1. The Morgan fingerprint density at radius 2 is 2.12 bits per heavy atom. The van der Waals surface area contributed by atoms with Crippen LogP contribution in [0.4, 0.5) is 0 Å². The van der Waals surface area contributed by atoms with Gasteiger partial charge in [0.25, 0.3) is 5.56 Å². The average Bonchev–Trinajstić information content (AvgIpc) is 2.15. The van der Waals surface area contributed by atoms with Crippen LogP contribution in [0.5, 0.6) is 0 Å². The second-order valence-electron chi connectivity index (χ2n) is 5.60. The van der Waals surface area contributed by atoms with Crippen LogP contribution < -0.4 is 10.9 Å². The summed E-state index contributed by atoms with van der Waals surface area (Å²) in [6, 6.07) is 0. The number of aromatic amines is 1. The van der Waals surface area contributed by atoms with E-state index in [2.05, 4.69) is 36.1 Å². The molecule has 1 aliphatic heterocycles. The van der Waals surface area contributed by atoms with Gasteiger partial charge in [0.05, 0.1) is 5.69 Å². The lowest BCUT2D eigenvalue weighted by atomic mass is 9.92. The van der Waals surface area contributed by atoms with Crippen LogP contribution in [-0.4, -0.2) is 16.5 Å². The Hall–Kier alpha value is -1.16. The van der Waals surface area contributed by atoms with Crippen LogP contribution in [0.1, 0.15) is 37.9 Å². The monoisotopic (exact) mass is 221 g/mol. The first-order valence-corrected chi connectivity index (χ1v) is 5.77. The molecule has 1 aromatic rings. The molecule has 0 saturated carbocycles. The molecular weight excluding hydrogens is 202 g/mol. The Bertz CT molecular complexity index is 443. The normalized spacial score (nSPS) is 15.9. The van der Waals surface area contributed by atoms with Gasteiger partial charge in [0, 0.05) is 18.5 Å². The van der Waals surface area contributed by atoms with E-state index < -0.39 is 0 Å². The van der Waals surface area contributed by atoms with Gasteiger partial charge in [-0.2, -0.15) is 0 Å². The maximum Gasteiger partial charge on any atom is 0.254 e. The van der Waals surface area contributed by atoms with Crippen molar-refractivity contribution in [3.8, 4) is 0 Å². The summed E-state index contributed by atoms with van der Waals surface area (Å²) >= 11 is 0. The van der Waals surface area contributed by atoms with Crippen molar-refractivity contribution in [2.75, 3.05) is 6.54 Å². The zero-order valence-electron chi connectivity index (χ0n) is 10.2. The Morgan fingerprint density at radius 1 is 1.38 bits per heavy atom. The molecule has 0 aliphatic carbocycles. The molecule has 0 unspecified atom stereocenters. The Labute approximate surface area is 95.5 Å². The van der Waals surface area contributed by atoms with Gasteiger partial charge in [-0.05, 0) is 18.4 Å². The molecule has 0 atom stereocenters. The van der Waals surface area contributed by atoms with Crippen LogP contribution in [0.3, 0.4) is 0 Å². The molecule has 4 heteroatoms. The van der Waals surface area contributed by atoms with Gasteiger partial charge in [-0.15, -0.1) is 0 Å². The summed E-state index contributed by atoms with van der Waals surface area (Å²) in [6.07, 6.45) is 1.59. The molecule has 0 fully saturated rings. The molecule has 4 nitrogen and oxygen atoms in total. The minimum Gasteiger partial charge on any atom is -0.311 e. The fourth-order valence-corrected chi connectivity index (χ4v) is 2.01. The second kappa shape index (κ2) is 4.01. The molecule has 1 aromatic heterocycles. The summed E-state index contributed by atoms with van der Waals surface area (Å²) in [6.45, 7) is 8.02. The summed E-state index contributed by atoms with van der Waals surface area (Å²) in [5, 5.41) is 3.24. The first-order chi connectivity index (χ1) is 7.46. The number of fused-ring (bicyclic) bond motifs is 1. The lowest BCUT2D eigenvalue weighted by Crippen LogP contribution is -2.32. The number of aromatic nitrogens is 2. The summed E-state index contributed by atoms with van der Waals surface area (Å²) in [4.78, 5) is 19.3. The predicted octanol–water partition coefficient (Wildman–Crippen LogP) is 1.00. The third-order valence-corrected chi connectivity index (χ3v) is 2.69. The summed E-state index contributed by atoms with van der Waals surface area (Å²) in [5.41, 5.74) is 1.98. The molecule has 0 radical (unpaired) electrons. The quantitative estimate of drug-likeness (QED) is 0.744. The number of hydrogen-bond donors (Lipinski definition) is 2. The number of hydrogen-bond acceptors (Lipinski definition) is 3.